The molecule has 0 saturated carbocycles. The van der Waals surface area contributed by atoms with Crippen molar-refractivity contribution in [2.45, 2.75) is 26.6 Å². The highest BCUT2D eigenvalue weighted by Gasteiger charge is 2.28. The normalized spacial score (nSPS) is 13.1. The lowest BCUT2D eigenvalue weighted by atomic mass is 10.1. The molecule has 6 nitrogen and oxygen atoms in total. The van der Waals surface area contributed by atoms with Gasteiger partial charge in [0.2, 0.25) is 0 Å². The summed E-state index contributed by atoms with van der Waals surface area (Å²) in [5, 5.41) is 5.94. The summed E-state index contributed by atoms with van der Waals surface area (Å²) in [7, 11) is 2.86. The Morgan fingerprint density at radius 1 is 1.31 bits per heavy atom. The molecule has 1 aromatic carbocycles. The second-order valence-corrected chi connectivity index (χ2v) is 5.75. The third kappa shape index (κ3) is 7.62. The number of alkyl halides is 3. The molecule has 0 aliphatic rings. The molecule has 0 amide bonds. The summed E-state index contributed by atoms with van der Waals surface area (Å²) >= 11 is 0. The summed E-state index contributed by atoms with van der Waals surface area (Å²) in [6.45, 7) is 2.63. The van der Waals surface area contributed by atoms with Crippen molar-refractivity contribution in [3.05, 3.63) is 29.3 Å². The Balaban J connectivity index is 2.68. The van der Waals surface area contributed by atoms with Gasteiger partial charge in [0.15, 0.2) is 12.6 Å². The van der Waals surface area contributed by atoms with Crippen molar-refractivity contribution in [1.29, 1.82) is 0 Å². The molecule has 0 aliphatic carbocycles. The third-order valence-corrected chi connectivity index (χ3v) is 3.46. The summed E-state index contributed by atoms with van der Waals surface area (Å²) in [5.41, 5.74) is 1.35. The number of aliphatic imine (C=N–C) groups is 1. The van der Waals surface area contributed by atoms with Gasteiger partial charge in [-0.2, -0.15) is 13.2 Å². The fraction of sp³-hybridized carbons (Fsp3) is 0.529. The number of nitrogens with one attached hydrogen (secondary N) is 2. The molecule has 0 bridgehead atoms. The molecular formula is C17H24F3N3O3. The van der Waals surface area contributed by atoms with Crippen molar-refractivity contribution in [2.75, 3.05) is 27.3 Å². The quantitative estimate of drug-likeness (QED) is 0.435. The van der Waals surface area contributed by atoms with Crippen LogP contribution in [0.15, 0.2) is 23.2 Å². The Hall–Kier alpha value is -2.45. The van der Waals surface area contributed by atoms with Gasteiger partial charge in [0, 0.05) is 25.7 Å². The number of guanidine groups is 1. The number of methoxy groups -OCH3 is 1. The second-order valence-electron chi connectivity index (χ2n) is 5.75. The Kier molecular flexibility index (Phi) is 8.21. The molecule has 26 heavy (non-hydrogen) atoms. The van der Waals surface area contributed by atoms with Crippen LogP contribution in [0.25, 0.3) is 0 Å². The molecule has 0 aromatic heterocycles. The van der Waals surface area contributed by atoms with Gasteiger partial charge in [-0.25, -0.2) is 0 Å². The Labute approximate surface area is 150 Å². The molecule has 0 heterocycles. The van der Waals surface area contributed by atoms with Crippen molar-refractivity contribution in [3.8, 4) is 5.75 Å². The minimum atomic E-state index is -4.41. The van der Waals surface area contributed by atoms with Gasteiger partial charge in [-0.1, -0.05) is 19.1 Å². The molecule has 1 unspecified atom stereocenters. The van der Waals surface area contributed by atoms with Gasteiger partial charge < -0.3 is 20.1 Å². The summed E-state index contributed by atoms with van der Waals surface area (Å²) < 4.78 is 46.8. The zero-order valence-corrected chi connectivity index (χ0v) is 15.2. The van der Waals surface area contributed by atoms with E-state index in [1.165, 1.54) is 7.11 Å². The van der Waals surface area contributed by atoms with E-state index in [0.717, 1.165) is 5.56 Å². The number of hydrogen-bond acceptors (Lipinski definition) is 4. The fourth-order valence-corrected chi connectivity index (χ4v) is 2.04. The standard InChI is InChI=1S/C17H24F3N3O3/c1-11-5-6-13(14(7-11)26-10-17(18,19)20)9-23-16(21-3)22-8-12(2)15(24)25-4/h5-7,12H,8-10H2,1-4H3,(H2,21,22,23). The molecule has 1 atom stereocenters. The monoisotopic (exact) mass is 375 g/mol. The van der Waals surface area contributed by atoms with Gasteiger partial charge in [-0.3, -0.25) is 9.79 Å². The molecule has 0 aliphatic heterocycles. The topological polar surface area (TPSA) is 72.0 Å². The summed E-state index contributed by atoms with van der Waals surface area (Å²) in [4.78, 5) is 15.4. The molecule has 0 fully saturated rings. The Bertz CT molecular complexity index is 633. The molecule has 1 rings (SSSR count). The lowest BCUT2D eigenvalue weighted by Gasteiger charge is -2.17. The highest BCUT2D eigenvalue weighted by molar-refractivity contribution is 5.80. The van der Waals surface area contributed by atoms with Gasteiger partial charge in [0.05, 0.1) is 13.0 Å². The van der Waals surface area contributed by atoms with E-state index in [0.29, 0.717) is 18.1 Å². The van der Waals surface area contributed by atoms with Crippen LogP contribution in [0, 0.1) is 12.8 Å². The van der Waals surface area contributed by atoms with E-state index in [1.807, 2.05) is 0 Å². The number of halogens is 3. The van der Waals surface area contributed by atoms with Crippen LogP contribution in [0.4, 0.5) is 13.2 Å². The molecular weight excluding hydrogens is 351 g/mol. The number of hydrogen-bond donors (Lipinski definition) is 2. The fourth-order valence-electron chi connectivity index (χ4n) is 2.04. The second kappa shape index (κ2) is 9.88. The molecule has 0 saturated heterocycles. The third-order valence-electron chi connectivity index (χ3n) is 3.46. The van der Waals surface area contributed by atoms with Crippen molar-refractivity contribution in [3.63, 3.8) is 0 Å². The minimum absolute atomic E-state index is 0.160. The zero-order chi connectivity index (χ0) is 19.7. The summed E-state index contributed by atoms with van der Waals surface area (Å²) in [6, 6.07) is 5.03. The average Bonchev–Trinajstić information content (AvgIpc) is 2.59. The predicted octanol–water partition coefficient (Wildman–Crippen LogP) is 2.41. The van der Waals surface area contributed by atoms with E-state index in [4.69, 9.17) is 4.74 Å². The molecule has 1 aromatic rings. The van der Waals surface area contributed by atoms with E-state index < -0.39 is 12.8 Å². The number of esters is 1. The smallest absolute Gasteiger partial charge is 0.422 e. The van der Waals surface area contributed by atoms with Crippen LogP contribution in [0.3, 0.4) is 0 Å². The van der Waals surface area contributed by atoms with Crippen molar-refractivity contribution in [2.24, 2.45) is 10.9 Å². The van der Waals surface area contributed by atoms with Crippen LogP contribution in [-0.4, -0.2) is 45.4 Å². The molecule has 146 valence electrons. The largest absolute Gasteiger partial charge is 0.484 e. The lowest BCUT2D eigenvalue weighted by molar-refractivity contribution is -0.153. The minimum Gasteiger partial charge on any atom is -0.484 e. The summed E-state index contributed by atoms with van der Waals surface area (Å²) in [5.74, 6) is -0.158. The van der Waals surface area contributed by atoms with E-state index in [2.05, 4.69) is 20.4 Å². The number of rotatable bonds is 7. The van der Waals surface area contributed by atoms with Crippen LogP contribution in [0.5, 0.6) is 5.75 Å². The number of aryl methyl sites for hydroxylation is 1. The van der Waals surface area contributed by atoms with Crippen molar-refractivity contribution >= 4 is 11.9 Å². The van der Waals surface area contributed by atoms with Gasteiger partial charge in [-0.05, 0) is 18.6 Å². The van der Waals surface area contributed by atoms with Gasteiger partial charge in [-0.15, -0.1) is 0 Å². The highest BCUT2D eigenvalue weighted by Crippen LogP contribution is 2.23. The SMILES string of the molecule is CN=C(NCc1ccc(C)cc1OCC(F)(F)F)NCC(C)C(=O)OC. The molecule has 2 N–H and O–H groups in total. The van der Waals surface area contributed by atoms with Crippen molar-refractivity contribution < 1.29 is 27.4 Å². The predicted molar refractivity (Wildman–Crippen MR) is 92.1 cm³/mol. The van der Waals surface area contributed by atoms with Crippen molar-refractivity contribution in [1.82, 2.24) is 10.6 Å². The van der Waals surface area contributed by atoms with Crippen LogP contribution in [-0.2, 0) is 16.1 Å². The molecule has 0 spiro atoms. The van der Waals surface area contributed by atoms with E-state index in [1.54, 1.807) is 39.1 Å². The first-order chi connectivity index (χ1) is 12.2. The summed E-state index contributed by atoms with van der Waals surface area (Å²) in [6.07, 6.45) is -4.41. The zero-order valence-electron chi connectivity index (χ0n) is 15.2. The maximum absolute atomic E-state index is 12.4. The first-order valence-electron chi connectivity index (χ1n) is 7.97. The van der Waals surface area contributed by atoms with E-state index in [-0.39, 0.29) is 24.2 Å². The van der Waals surface area contributed by atoms with Crippen LogP contribution in [0.2, 0.25) is 0 Å². The van der Waals surface area contributed by atoms with E-state index >= 15 is 0 Å². The first-order valence-corrected chi connectivity index (χ1v) is 7.97. The maximum atomic E-state index is 12.4. The average molecular weight is 375 g/mol. The highest BCUT2D eigenvalue weighted by atomic mass is 19.4. The van der Waals surface area contributed by atoms with Gasteiger partial charge in [0.25, 0.3) is 0 Å². The number of carbonyl (C=O) groups is 1. The number of nitrogens with zero attached hydrogens (tertiary/aromatic N) is 1. The molecule has 9 heteroatoms. The number of carbonyl (C=O) groups excluding carboxylic acids is 1. The van der Waals surface area contributed by atoms with Gasteiger partial charge in [0.1, 0.15) is 5.75 Å². The Morgan fingerprint density at radius 3 is 2.58 bits per heavy atom. The lowest BCUT2D eigenvalue weighted by Crippen LogP contribution is -2.40. The molecule has 0 radical (unpaired) electrons. The van der Waals surface area contributed by atoms with Crippen LogP contribution >= 0.6 is 0 Å². The van der Waals surface area contributed by atoms with E-state index in [9.17, 15) is 18.0 Å². The van der Waals surface area contributed by atoms with Crippen LogP contribution < -0.4 is 15.4 Å². The number of benzene rings is 1. The number of ether oxygens (including phenoxy) is 2. The maximum Gasteiger partial charge on any atom is 0.422 e. The Morgan fingerprint density at radius 2 is 2.00 bits per heavy atom. The van der Waals surface area contributed by atoms with Crippen LogP contribution in [0.1, 0.15) is 18.1 Å². The first kappa shape index (κ1) is 21.6. The van der Waals surface area contributed by atoms with Gasteiger partial charge >= 0.3 is 12.1 Å².